The van der Waals surface area contributed by atoms with Gasteiger partial charge in [-0.1, -0.05) is 17.7 Å². The normalized spacial score (nSPS) is 10.2. The Balaban J connectivity index is 3.21. The first-order valence-electron chi connectivity index (χ1n) is 3.15. The molecule has 0 aliphatic carbocycles. The number of alkyl halides is 1. The molecule has 0 N–H and O–H groups in total. The van der Waals surface area contributed by atoms with Crippen molar-refractivity contribution in [1.29, 1.82) is 0 Å². The van der Waals surface area contributed by atoms with E-state index in [1.54, 1.807) is 6.92 Å². The summed E-state index contributed by atoms with van der Waals surface area (Å²) < 4.78 is 24.8. The molecule has 11 heavy (non-hydrogen) atoms. The monoisotopic (exact) mass is 176 g/mol. The van der Waals surface area contributed by atoms with Crippen molar-refractivity contribution in [2.75, 3.05) is 0 Å². The second-order valence-electron chi connectivity index (χ2n) is 2.34. The van der Waals surface area contributed by atoms with E-state index in [1.807, 2.05) is 0 Å². The lowest BCUT2D eigenvalue weighted by atomic mass is 10.1. The maximum absolute atomic E-state index is 12.8. The fourth-order valence-electron chi connectivity index (χ4n) is 0.875. The second-order valence-corrected chi connectivity index (χ2v) is 2.75. The summed E-state index contributed by atoms with van der Waals surface area (Å²) in [7, 11) is 0. The first-order valence-corrected chi connectivity index (χ1v) is 3.53. The highest BCUT2D eigenvalue weighted by molar-refractivity contribution is 6.30. The summed E-state index contributed by atoms with van der Waals surface area (Å²) in [6, 6.07) is 2.74. The van der Waals surface area contributed by atoms with E-state index in [4.69, 9.17) is 11.6 Å². The van der Waals surface area contributed by atoms with Gasteiger partial charge in [-0.2, -0.15) is 0 Å². The first-order chi connectivity index (χ1) is 5.15. The van der Waals surface area contributed by atoms with E-state index in [0.29, 0.717) is 11.1 Å². The zero-order valence-corrected chi connectivity index (χ0v) is 6.75. The maximum Gasteiger partial charge on any atom is 0.144 e. The minimum Gasteiger partial charge on any atom is -0.246 e. The van der Waals surface area contributed by atoms with Crippen LogP contribution in [0.5, 0.6) is 0 Å². The van der Waals surface area contributed by atoms with Gasteiger partial charge in [0.2, 0.25) is 0 Å². The van der Waals surface area contributed by atoms with Crippen LogP contribution in [0.15, 0.2) is 12.1 Å². The number of halogens is 3. The molecule has 0 atom stereocenters. The highest BCUT2D eigenvalue weighted by Crippen LogP contribution is 2.20. The van der Waals surface area contributed by atoms with Crippen LogP contribution in [0.25, 0.3) is 0 Å². The van der Waals surface area contributed by atoms with Gasteiger partial charge in [0.05, 0.1) is 5.02 Å². The van der Waals surface area contributed by atoms with E-state index in [-0.39, 0.29) is 5.02 Å². The van der Waals surface area contributed by atoms with Crippen LogP contribution in [-0.4, -0.2) is 0 Å². The molecule has 0 fully saturated rings. The Morgan fingerprint density at radius 1 is 1.45 bits per heavy atom. The van der Waals surface area contributed by atoms with Gasteiger partial charge in [-0.25, -0.2) is 8.78 Å². The molecule has 0 nitrogen and oxygen atoms in total. The van der Waals surface area contributed by atoms with E-state index in [0.717, 1.165) is 0 Å². The third-order valence-corrected chi connectivity index (χ3v) is 1.70. The van der Waals surface area contributed by atoms with Crippen molar-refractivity contribution in [3.63, 3.8) is 0 Å². The molecule has 0 heterocycles. The predicted molar refractivity (Wildman–Crippen MR) is 41.0 cm³/mol. The average molecular weight is 177 g/mol. The van der Waals surface area contributed by atoms with Crippen molar-refractivity contribution in [1.82, 2.24) is 0 Å². The van der Waals surface area contributed by atoms with Gasteiger partial charge in [0.15, 0.2) is 0 Å². The third-order valence-electron chi connectivity index (χ3n) is 1.42. The summed E-state index contributed by atoms with van der Waals surface area (Å²) >= 11 is 5.46. The molecule has 0 spiro atoms. The lowest BCUT2D eigenvalue weighted by Crippen LogP contribution is -1.87. The predicted octanol–water partition coefficient (Wildman–Crippen LogP) is 3.26. The summed E-state index contributed by atoms with van der Waals surface area (Å²) in [5, 5.41) is -0.0161. The summed E-state index contributed by atoms with van der Waals surface area (Å²) in [4.78, 5) is 0. The van der Waals surface area contributed by atoms with Crippen LogP contribution in [0, 0.1) is 12.7 Å². The maximum atomic E-state index is 12.8. The molecule has 0 amide bonds. The zero-order valence-electron chi connectivity index (χ0n) is 6.00. The second kappa shape index (κ2) is 3.18. The molecule has 0 aromatic heterocycles. The van der Waals surface area contributed by atoms with Gasteiger partial charge in [-0.05, 0) is 24.1 Å². The van der Waals surface area contributed by atoms with E-state index >= 15 is 0 Å². The quantitative estimate of drug-likeness (QED) is 0.616. The fraction of sp³-hybridized carbons (Fsp3) is 0.250. The molecule has 0 saturated carbocycles. The fourth-order valence-corrected chi connectivity index (χ4v) is 1.16. The van der Waals surface area contributed by atoms with Crippen molar-refractivity contribution in [3.8, 4) is 0 Å². The molecule has 1 rings (SSSR count). The van der Waals surface area contributed by atoms with Crippen LogP contribution in [0.2, 0.25) is 5.02 Å². The third kappa shape index (κ3) is 1.69. The SMILES string of the molecule is Cc1cc(CF)cc(Cl)c1F. The molecular formula is C8H7ClF2. The number of hydrogen-bond acceptors (Lipinski definition) is 0. The zero-order chi connectivity index (χ0) is 8.43. The van der Waals surface area contributed by atoms with E-state index in [2.05, 4.69) is 0 Å². The van der Waals surface area contributed by atoms with Crippen LogP contribution < -0.4 is 0 Å². The lowest BCUT2D eigenvalue weighted by molar-refractivity contribution is 0.484. The van der Waals surface area contributed by atoms with Crippen molar-refractivity contribution >= 4 is 11.6 Å². The molecule has 60 valence electrons. The smallest absolute Gasteiger partial charge is 0.144 e. The van der Waals surface area contributed by atoms with Crippen LogP contribution in [-0.2, 0) is 6.67 Å². The van der Waals surface area contributed by atoms with Gasteiger partial charge in [0, 0.05) is 0 Å². The standard InChI is InChI=1S/C8H7ClF2/c1-5-2-6(4-10)3-7(9)8(5)11/h2-3H,4H2,1H3. The van der Waals surface area contributed by atoms with Crippen LogP contribution in [0.4, 0.5) is 8.78 Å². The van der Waals surface area contributed by atoms with Crippen LogP contribution in [0.1, 0.15) is 11.1 Å². The Labute approximate surface area is 68.8 Å². The Bertz CT molecular complexity index is 248. The summed E-state index contributed by atoms with van der Waals surface area (Å²) in [6.07, 6.45) is 0. The lowest BCUT2D eigenvalue weighted by Gasteiger charge is -2.00. The molecule has 0 unspecified atom stereocenters. The van der Waals surface area contributed by atoms with Gasteiger partial charge >= 0.3 is 0 Å². The Morgan fingerprint density at radius 2 is 2.09 bits per heavy atom. The van der Waals surface area contributed by atoms with E-state index in [1.165, 1.54) is 12.1 Å². The summed E-state index contributed by atoms with van der Waals surface area (Å²) in [5.74, 6) is -0.469. The minimum atomic E-state index is -0.610. The topological polar surface area (TPSA) is 0 Å². The molecule has 0 bridgehead atoms. The highest BCUT2D eigenvalue weighted by atomic mass is 35.5. The Kier molecular flexibility index (Phi) is 2.45. The molecule has 0 radical (unpaired) electrons. The molecule has 3 heteroatoms. The Hall–Kier alpha value is -0.630. The molecule has 1 aromatic carbocycles. The van der Waals surface area contributed by atoms with Gasteiger partial charge in [0.1, 0.15) is 12.5 Å². The van der Waals surface area contributed by atoms with Crippen LogP contribution in [0.3, 0.4) is 0 Å². The molecule has 0 saturated heterocycles. The van der Waals surface area contributed by atoms with Crippen molar-refractivity contribution in [2.45, 2.75) is 13.6 Å². The van der Waals surface area contributed by atoms with Gasteiger partial charge in [-0.3, -0.25) is 0 Å². The van der Waals surface area contributed by atoms with E-state index < -0.39 is 12.5 Å². The van der Waals surface area contributed by atoms with Crippen molar-refractivity contribution in [3.05, 3.63) is 34.1 Å². The first kappa shape index (κ1) is 8.47. The highest BCUT2D eigenvalue weighted by Gasteiger charge is 2.04. The van der Waals surface area contributed by atoms with Crippen molar-refractivity contribution < 1.29 is 8.78 Å². The largest absolute Gasteiger partial charge is 0.246 e. The van der Waals surface area contributed by atoms with Gasteiger partial charge in [0.25, 0.3) is 0 Å². The Morgan fingerprint density at radius 3 is 2.55 bits per heavy atom. The number of hydrogen-bond donors (Lipinski definition) is 0. The summed E-state index contributed by atoms with van der Waals surface area (Å²) in [5.41, 5.74) is 0.791. The molecule has 0 aliphatic rings. The van der Waals surface area contributed by atoms with E-state index in [9.17, 15) is 8.78 Å². The van der Waals surface area contributed by atoms with Crippen molar-refractivity contribution in [2.24, 2.45) is 0 Å². The van der Waals surface area contributed by atoms with Gasteiger partial charge < -0.3 is 0 Å². The van der Waals surface area contributed by atoms with Crippen LogP contribution >= 0.6 is 11.6 Å². The number of rotatable bonds is 1. The van der Waals surface area contributed by atoms with Gasteiger partial charge in [-0.15, -0.1) is 0 Å². The minimum absolute atomic E-state index is 0.0161. The molecule has 0 aliphatic heterocycles. The molecular weight excluding hydrogens is 170 g/mol. The molecule has 1 aromatic rings. The average Bonchev–Trinajstić information content (AvgIpc) is 1.99. The number of benzene rings is 1. The summed E-state index contributed by atoms with van der Waals surface area (Å²) in [6.45, 7) is 0.946. The number of aryl methyl sites for hydroxylation is 1.